The summed E-state index contributed by atoms with van der Waals surface area (Å²) in [6.45, 7) is 7.36. The van der Waals surface area contributed by atoms with Crippen molar-refractivity contribution in [3.05, 3.63) is 29.6 Å². The second-order valence-corrected chi connectivity index (χ2v) is 4.88. The van der Waals surface area contributed by atoms with Crippen molar-refractivity contribution in [2.24, 2.45) is 0 Å². The highest BCUT2D eigenvalue weighted by Crippen LogP contribution is 2.22. The molecule has 0 unspecified atom stereocenters. The number of rotatable bonds is 8. The Bertz CT molecular complexity index is 382. The van der Waals surface area contributed by atoms with Crippen LogP contribution in [0.2, 0.25) is 0 Å². The third-order valence-corrected chi connectivity index (χ3v) is 2.79. The Kier molecular flexibility index (Phi) is 6.81. The second kappa shape index (κ2) is 8.12. The molecular weight excluding hydrogens is 245 g/mol. The molecule has 1 aromatic carbocycles. The maximum Gasteiger partial charge on any atom is 0.165 e. The Morgan fingerprint density at radius 1 is 1.26 bits per heavy atom. The molecule has 108 valence electrons. The monoisotopic (exact) mass is 269 g/mol. The fourth-order valence-corrected chi connectivity index (χ4v) is 1.79. The zero-order chi connectivity index (χ0) is 14.3. The van der Waals surface area contributed by atoms with Crippen LogP contribution in [0, 0.1) is 5.82 Å². The zero-order valence-electron chi connectivity index (χ0n) is 12.2. The summed E-state index contributed by atoms with van der Waals surface area (Å²) in [5.41, 5.74) is 0.922. The summed E-state index contributed by atoms with van der Waals surface area (Å²) in [5, 5.41) is 3.33. The second-order valence-electron chi connectivity index (χ2n) is 4.88. The molecule has 3 nitrogen and oxygen atoms in total. The van der Waals surface area contributed by atoms with Gasteiger partial charge in [-0.05, 0) is 51.4 Å². The molecule has 0 aliphatic heterocycles. The molecule has 0 fully saturated rings. The van der Waals surface area contributed by atoms with Crippen LogP contribution >= 0.6 is 0 Å². The average Bonchev–Trinajstić information content (AvgIpc) is 2.36. The summed E-state index contributed by atoms with van der Waals surface area (Å²) in [5.74, 6) is 0.00192. The molecule has 19 heavy (non-hydrogen) atoms. The Hall–Kier alpha value is -1.13. The Morgan fingerprint density at radius 3 is 2.58 bits per heavy atom. The maximum absolute atomic E-state index is 13.8. The lowest BCUT2D eigenvalue weighted by Gasteiger charge is -2.16. The fraction of sp³-hybridized carbons (Fsp3) is 0.600. The van der Waals surface area contributed by atoms with E-state index in [1.165, 1.54) is 6.07 Å². The first kappa shape index (κ1) is 15.9. The fourth-order valence-electron chi connectivity index (χ4n) is 1.79. The first-order valence-corrected chi connectivity index (χ1v) is 6.73. The number of methoxy groups -OCH3 is 1. The number of hydrogen-bond acceptors (Lipinski definition) is 3. The molecule has 4 heteroatoms. The molecular formula is C15H24FNO2. The minimum Gasteiger partial charge on any atom is -0.488 e. The SMILES string of the molecule is COCCCN[C@H](C)c1ccc(OC(C)C)c(F)c1. The van der Waals surface area contributed by atoms with Crippen LogP contribution < -0.4 is 10.1 Å². The molecule has 0 aliphatic carbocycles. The van der Waals surface area contributed by atoms with E-state index < -0.39 is 0 Å². The van der Waals surface area contributed by atoms with Gasteiger partial charge in [0.25, 0.3) is 0 Å². The van der Waals surface area contributed by atoms with Crippen molar-refractivity contribution in [2.45, 2.75) is 39.3 Å². The van der Waals surface area contributed by atoms with Gasteiger partial charge in [0.2, 0.25) is 0 Å². The van der Waals surface area contributed by atoms with Gasteiger partial charge < -0.3 is 14.8 Å². The van der Waals surface area contributed by atoms with Crippen molar-refractivity contribution < 1.29 is 13.9 Å². The zero-order valence-corrected chi connectivity index (χ0v) is 12.2. The van der Waals surface area contributed by atoms with Gasteiger partial charge in [-0.15, -0.1) is 0 Å². The van der Waals surface area contributed by atoms with Crippen LogP contribution in [0.3, 0.4) is 0 Å². The summed E-state index contributed by atoms with van der Waals surface area (Å²) in [7, 11) is 1.69. The molecule has 0 amide bonds. The minimum atomic E-state index is -0.309. The van der Waals surface area contributed by atoms with E-state index in [0.717, 1.165) is 25.1 Å². The van der Waals surface area contributed by atoms with Gasteiger partial charge in [-0.2, -0.15) is 0 Å². The number of nitrogens with one attached hydrogen (secondary N) is 1. The molecule has 0 heterocycles. The van der Waals surface area contributed by atoms with Crippen LogP contribution in [0.25, 0.3) is 0 Å². The highest BCUT2D eigenvalue weighted by Gasteiger charge is 2.10. The number of ether oxygens (including phenoxy) is 2. The summed E-state index contributed by atoms with van der Waals surface area (Å²) < 4.78 is 24.2. The maximum atomic E-state index is 13.8. The van der Waals surface area contributed by atoms with Crippen LogP contribution in [0.1, 0.15) is 38.8 Å². The standard InChI is InChI=1S/C15H24FNO2/c1-11(2)19-15-7-6-13(10-14(15)16)12(3)17-8-5-9-18-4/h6-7,10-12,17H,5,8-9H2,1-4H3/t12-/m1/s1. The van der Waals surface area contributed by atoms with Gasteiger partial charge in [-0.1, -0.05) is 6.07 Å². The first-order chi connectivity index (χ1) is 9.04. The molecule has 0 radical (unpaired) electrons. The van der Waals surface area contributed by atoms with Crippen molar-refractivity contribution in [1.29, 1.82) is 0 Å². The smallest absolute Gasteiger partial charge is 0.165 e. The highest BCUT2D eigenvalue weighted by molar-refractivity contribution is 5.31. The van der Waals surface area contributed by atoms with Crippen LogP contribution in [-0.4, -0.2) is 26.4 Å². The van der Waals surface area contributed by atoms with Gasteiger partial charge in [-0.25, -0.2) is 4.39 Å². The molecule has 0 saturated heterocycles. The van der Waals surface area contributed by atoms with Gasteiger partial charge in [0.05, 0.1) is 6.10 Å². The summed E-state index contributed by atoms with van der Waals surface area (Å²) in [4.78, 5) is 0. The predicted octanol–water partition coefficient (Wildman–Crippen LogP) is 3.30. The van der Waals surface area contributed by atoms with E-state index in [4.69, 9.17) is 9.47 Å². The van der Waals surface area contributed by atoms with Gasteiger partial charge in [0.1, 0.15) is 0 Å². The Balaban J connectivity index is 2.56. The molecule has 0 bridgehead atoms. The van der Waals surface area contributed by atoms with Gasteiger partial charge in [0.15, 0.2) is 11.6 Å². The molecule has 0 aromatic heterocycles. The van der Waals surface area contributed by atoms with Gasteiger partial charge >= 0.3 is 0 Å². The number of benzene rings is 1. The van der Waals surface area contributed by atoms with E-state index in [2.05, 4.69) is 5.32 Å². The molecule has 0 saturated carbocycles. The third-order valence-electron chi connectivity index (χ3n) is 2.79. The van der Waals surface area contributed by atoms with Gasteiger partial charge in [-0.3, -0.25) is 0 Å². The van der Waals surface area contributed by atoms with E-state index in [0.29, 0.717) is 5.75 Å². The Labute approximate surface area is 115 Å². The summed E-state index contributed by atoms with van der Waals surface area (Å²) in [6.07, 6.45) is 0.919. The van der Waals surface area contributed by atoms with Crippen LogP contribution in [0.5, 0.6) is 5.75 Å². The van der Waals surface area contributed by atoms with Crippen molar-refractivity contribution in [2.75, 3.05) is 20.3 Å². The van der Waals surface area contributed by atoms with Crippen LogP contribution in [-0.2, 0) is 4.74 Å². The number of hydrogen-bond donors (Lipinski definition) is 1. The molecule has 0 spiro atoms. The van der Waals surface area contributed by atoms with Crippen molar-refractivity contribution in [3.63, 3.8) is 0 Å². The van der Waals surface area contributed by atoms with Crippen molar-refractivity contribution >= 4 is 0 Å². The molecule has 1 rings (SSSR count). The van der Waals surface area contributed by atoms with Crippen LogP contribution in [0.4, 0.5) is 4.39 Å². The van der Waals surface area contributed by atoms with E-state index in [-0.39, 0.29) is 18.0 Å². The highest BCUT2D eigenvalue weighted by atomic mass is 19.1. The minimum absolute atomic E-state index is 0.0232. The first-order valence-electron chi connectivity index (χ1n) is 6.73. The molecule has 1 N–H and O–H groups in total. The third kappa shape index (κ3) is 5.57. The van der Waals surface area contributed by atoms with E-state index >= 15 is 0 Å². The largest absolute Gasteiger partial charge is 0.488 e. The topological polar surface area (TPSA) is 30.5 Å². The van der Waals surface area contributed by atoms with E-state index in [9.17, 15) is 4.39 Å². The quantitative estimate of drug-likeness (QED) is 0.735. The Morgan fingerprint density at radius 2 is 2.00 bits per heavy atom. The molecule has 1 atom stereocenters. The van der Waals surface area contributed by atoms with Crippen molar-refractivity contribution in [3.8, 4) is 5.75 Å². The lowest BCUT2D eigenvalue weighted by Crippen LogP contribution is -2.21. The normalized spacial score (nSPS) is 12.7. The predicted molar refractivity (Wildman–Crippen MR) is 75.1 cm³/mol. The van der Waals surface area contributed by atoms with E-state index in [1.807, 2.05) is 26.8 Å². The van der Waals surface area contributed by atoms with Gasteiger partial charge in [0, 0.05) is 19.8 Å². The summed E-state index contributed by atoms with van der Waals surface area (Å²) in [6, 6.07) is 5.23. The number of halogens is 1. The van der Waals surface area contributed by atoms with Crippen LogP contribution in [0.15, 0.2) is 18.2 Å². The van der Waals surface area contributed by atoms with Crippen molar-refractivity contribution in [1.82, 2.24) is 5.32 Å². The molecule has 0 aliphatic rings. The van der Waals surface area contributed by atoms with E-state index in [1.54, 1.807) is 13.2 Å². The lowest BCUT2D eigenvalue weighted by molar-refractivity contribution is 0.193. The molecule has 1 aromatic rings. The summed E-state index contributed by atoms with van der Waals surface area (Å²) >= 11 is 0. The average molecular weight is 269 g/mol. The lowest BCUT2D eigenvalue weighted by atomic mass is 10.1.